The minimum absolute atomic E-state index is 0.186. The van der Waals surface area contributed by atoms with Gasteiger partial charge in [-0.25, -0.2) is 10.2 Å². The molecule has 0 aliphatic heterocycles. The van der Waals surface area contributed by atoms with E-state index in [9.17, 15) is 9.59 Å². The third-order valence-electron chi connectivity index (χ3n) is 3.75. The molecular weight excluding hydrogens is 356 g/mol. The zero-order valence-corrected chi connectivity index (χ0v) is 15.6. The van der Waals surface area contributed by atoms with E-state index in [1.807, 2.05) is 12.1 Å². The van der Waals surface area contributed by atoms with Gasteiger partial charge < -0.3 is 9.15 Å². The predicted molar refractivity (Wildman–Crippen MR) is 106 cm³/mol. The van der Waals surface area contributed by atoms with Crippen LogP contribution in [-0.4, -0.2) is 24.2 Å². The number of carbonyl (C=O) groups excluding carboxylic acids is 2. The Hall–Kier alpha value is -3.67. The summed E-state index contributed by atoms with van der Waals surface area (Å²) < 4.78 is 10.9. The number of nitrogens with one attached hydrogen (secondary N) is 1. The molecule has 1 heterocycles. The van der Waals surface area contributed by atoms with Crippen LogP contribution < -0.4 is 5.43 Å². The van der Waals surface area contributed by atoms with Crippen LogP contribution in [-0.2, 0) is 4.74 Å². The van der Waals surface area contributed by atoms with Gasteiger partial charge in [0.25, 0.3) is 5.91 Å². The van der Waals surface area contributed by atoms with Crippen LogP contribution in [0.4, 0.5) is 0 Å². The minimum Gasteiger partial charge on any atom is -0.459 e. The largest absolute Gasteiger partial charge is 0.459 e. The smallest absolute Gasteiger partial charge is 0.338 e. The summed E-state index contributed by atoms with van der Waals surface area (Å²) in [6, 6.07) is 19.3. The van der Waals surface area contributed by atoms with E-state index in [-0.39, 0.29) is 18.0 Å². The van der Waals surface area contributed by atoms with E-state index in [4.69, 9.17) is 9.15 Å². The number of hydrogen-bond donors (Lipinski definition) is 1. The normalized spacial score (nSPS) is 11.0. The number of furan rings is 1. The molecular formula is C22H20N2O4. The highest BCUT2D eigenvalue weighted by Gasteiger charge is 2.11. The zero-order chi connectivity index (χ0) is 19.9. The Bertz CT molecular complexity index is 991. The summed E-state index contributed by atoms with van der Waals surface area (Å²) in [7, 11) is 0. The van der Waals surface area contributed by atoms with Crippen LogP contribution in [0.15, 0.2) is 76.2 Å². The molecule has 142 valence electrons. The summed E-state index contributed by atoms with van der Waals surface area (Å²) in [6.07, 6.45) is 1.23. The van der Waals surface area contributed by atoms with Crippen molar-refractivity contribution in [1.82, 2.24) is 5.43 Å². The molecule has 0 saturated heterocycles. The van der Waals surface area contributed by atoms with Crippen molar-refractivity contribution < 1.29 is 18.7 Å². The highest BCUT2D eigenvalue weighted by atomic mass is 16.5. The summed E-state index contributed by atoms with van der Waals surface area (Å²) >= 11 is 0. The van der Waals surface area contributed by atoms with Crippen LogP contribution in [0.1, 0.15) is 40.3 Å². The molecule has 0 aliphatic carbocycles. The second-order valence-electron chi connectivity index (χ2n) is 6.30. The summed E-state index contributed by atoms with van der Waals surface area (Å²) in [6.45, 7) is 3.60. The molecule has 1 N–H and O–H groups in total. The van der Waals surface area contributed by atoms with E-state index >= 15 is 0 Å². The number of hydrazone groups is 1. The average Bonchev–Trinajstić information content (AvgIpc) is 3.17. The van der Waals surface area contributed by atoms with Gasteiger partial charge in [0.1, 0.15) is 11.5 Å². The first-order valence-corrected chi connectivity index (χ1v) is 8.82. The molecule has 0 unspecified atom stereocenters. The van der Waals surface area contributed by atoms with Gasteiger partial charge in [-0.3, -0.25) is 4.79 Å². The third-order valence-corrected chi connectivity index (χ3v) is 3.75. The zero-order valence-electron chi connectivity index (χ0n) is 15.6. The molecule has 0 atom stereocenters. The fourth-order valence-electron chi connectivity index (χ4n) is 2.47. The molecule has 0 aliphatic rings. The van der Waals surface area contributed by atoms with Gasteiger partial charge in [0.2, 0.25) is 0 Å². The lowest BCUT2D eigenvalue weighted by atomic mass is 10.1. The molecule has 0 fully saturated rings. The Balaban J connectivity index is 1.67. The fourth-order valence-corrected chi connectivity index (χ4v) is 2.47. The standard InChI is InChI=1S/C22H20N2O4/c1-15(2)27-22(26)18-10-6-9-17(13-18)20-12-11-19(28-20)14-23-24-21(25)16-7-4-3-5-8-16/h3-15H,1-2H3,(H,24,25)/b23-14-. The van der Waals surface area contributed by atoms with Crippen molar-refractivity contribution in [2.75, 3.05) is 0 Å². The molecule has 1 aromatic heterocycles. The van der Waals surface area contributed by atoms with Crippen molar-refractivity contribution >= 4 is 18.1 Å². The number of carbonyl (C=O) groups is 2. The molecule has 28 heavy (non-hydrogen) atoms. The number of ether oxygens (including phenoxy) is 1. The quantitative estimate of drug-likeness (QED) is 0.396. The SMILES string of the molecule is CC(C)OC(=O)c1cccc(-c2ccc(/C=N\NC(=O)c3ccccc3)o2)c1. The lowest BCUT2D eigenvalue weighted by Crippen LogP contribution is -2.17. The number of esters is 1. The van der Waals surface area contributed by atoms with Crippen molar-refractivity contribution in [2.24, 2.45) is 5.10 Å². The number of amides is 1. The van der Waals surface area contributed by atoms with Gasteiger partial charge >= 0.3 is 5.97 Å². The second kappa shape index (κ2) is 8.81. The number of hydrogen-bond acceptors (Lipinski definition) is 5. The number of benzene rings is 2. The molecule has 0 saturated carbocycles. The second-order valence-corrected chi connectivity index (χ2v) is 6.30. The van der Waals surface area contributed by atoms with Crippen LogP contribution in [0.3, 0.4) is 0 Å². The molecule has 0 bridgehead atoms. The first-order chi connectivity index (χ1) is 13.5. The van der Waals surface area contributed by atoms with Crippen LogP contribution in [0.25, 0.3) is 11.3 Å². The summed E-state index contributed by atoms with van der Waals surface area (Å²) in [4.78, 5) is 24.0. The molecule has 3 rings (SSSR count). The van der Waals surface area contributed by atoms with Gasteiger partial charge in [0.15, 0.2) is 0 Å². The third kappa shape index (κ3) is 4.94. The molecule has 2 aromatic carbocycles. The lowest BCUT2D eigenvalue weighted by Gasteiger charge is -2.08. The van der Waals surface area contributed by atoms with Gasteiger partial charge in [-0.1, -0.05) is 30.3 Å². The van der Waals surface area contributed by atoms with Crippen molar-refractivity contribution in [3.63, 3.8) is 0 Å². The Morgan fingerprint density at radius 1 is 1.00 bits per heavy atom. The average molecular weight is 376 g/mol. The minimum atomic E-state index is -0.381. The number of nitrogens with zero attached hydrogens (tertiary/aromatic N) is 1. The van der Waals surface area contributed by atoms with E-state index in [2.05, 4.69) is 10.5 Å². The Morgan fingerprint density at radius 2 is 1.75 bits per heavy atom. The first-order valence-electron chi connectivity index (χ1n) is 8.82. The van der Waals surface area contributed by atoms with E-state index in [0.29, 0.717) is 22.6 Å². The first kappa shape index (κ1) is 19.1. The Labute approximate surface area is 162 Å². The van der Waals surface area contributed by atoms with Crippen LogP contribution in [0.5, 0.6) is 0 Å². The van der Waals surface area contributed by atoms with Gasteiger partial charge in [0.05, 0.1) is 17.9 Å². The van der Waals surface area contributed by atoms with E-state index in [0.717, 1.165) is 5.56 Å². The van der Waals surface area contributed by atoms with Gasteiger partial charge in [0, 0.05) is 11.1 Å². The van der Waals surface area contributed by atoms with Crippen molar-refractivity contribution in [3.8, 4) is 11.3 Å². The van der Waals surface area contributed by atoms with Gasteiger partial charge in [-0.2, -0.15) is 5.10 Å². The van der Waals surface area contributed by atoms with Gasteiger partial charge in [-0.15, -0.1) is 0 Å². The van der Waals surface area contributed by atoms with E-state index in [1.54, 1.807) is 68.4 Å². The maximum absolute atomic E-state index is 12.1. The molecule has 0 radical (unpaired) electrons. The maximum atomic E-state index is 12.1. The highest BCUT2D eigenvalue weighted by Crippen LogP contribution is 2.23. The molecule has 6 heteroatoms. The topological polar surface area (TPSA) is 80.9 Å². The number of rotatable bonds is 6. The van der Waals surface area contributed by atoms with Crippen molar-refractivity contribution in [3.05, 3.63) is 83.6 Å². The fraction of sp³-hybridized carbons (Fsp3) is 0.136. The van der Waals surface area contributed by atoms with Crippen LogP contribution in [0.2, 0.25) is 0 Å². The molecule has 3 aromatic rings. The van der Waals surface area contributed by atoms with Crippen molar-refractivity contribution in [1.29, 1.82) is 0 Å². The van der Waals surface area contributed by atoms with Crippen molar-refractivity contribution in [2.45, 2.75) is 20.0 Å². The monoisotopic (exact) mass is 376 g/mol. The Morgan fingerprint density at radius 3 is 2.50 bits per heavy atom. The van der Waals surface area contributed by atoms with E-state index in [1.165, 1.54) is 6.21 Å². The highest BCUT2D eigenvalue weighted by molar-refractivity contribution is 5.94. The van der Waals surface area contributed by atoms with Crippen LogP contribution >= 0.6 is 0 Å². The lowest BCUT2D eigenvalue weighted by molar-refractivity contribution is 0.0378. The molecule has 0 spiro atoms. The summed E-state index contributed by atoms with van der Waals surface area (Å²) in [5.41, 5.74) is 4.16. The molecule has 6 nitrogen and oxygen atoms in total. The summed E-state index contributed by atoms with van der Waals surface area (Å²) in [5.74, 6) is 0.363. The summed E-state index contributed by atoms with van der Waals surface area (Å²) in [5, 5.41) is 3.91. The molecule has 1 amide bonds. The Kier molecular flexibility index (Phi) is 6.01. The van der Waals surface area contributed by atoms with Crippen LogP contribution in [0, 0.1) is 0 Å². The van der Waals surface area contributed by atoms with Gasteiger partial charge in [-0.05, 0) is 50.2 Å². The predicted octanol–water partition coefficient (Wildman–Crippen LogP) is 4.28. The maximum Gasteiger partial charge on any atom is 0.338 e. The van der Waals surface area contributed by atoms with E-state index < -0.39 is 0 Å².